The van der Waals surface area contributed by atoms with Crippen LogP contribution in [0.1, 0.15) is 12.5 Å². The van der Waals surface area contributed by atoms with Crippen molar-refractivity contribution in [2.45, 2.75) is 6.92 Å². The van der Waals surface area contributed by atoms with Gasteiger partial charge >= 0.3 is 12.0 Å². The monoisotopic (exact) mass is 295 g/mol. The molecule has 2 amide bonds. The summed E-state index contributed by atoms with van der Waals surface area (Å²) in [7, 11) is 6.02. The standard InChI is InChI=1S/C14H14BN5O2/c1-2-18-13(21)20-14-19-11-4-8(3-10(15)12(11)22-14)9-5-16-7-17-6-9/h3-5,7H,2,6H2,1H3,(H,16,17)(H2,18,19,20,21). The van der Waals surface area contributed by atoms with Gasteiger partial charge in [0, 0.05) is 12.7 Å². The molecule has 110 valence electrons. The first-order chi connectivity index (χ1) is 10.7. The largest absolute Gasteiger partial charge is 0.424 e. The Kier molecular flexibility index (Phi) is 3.82. The summed E-state index contributed by atoms with van der Waals surface area (Å²) in [5.74, 6) is 0. The predicted octanol–water partition coefficient (Wildman–Crippen LogP) is 0.735. The second kappa shape index (κ2) is 5.93. The van der Waals surface area contributed by atoms with Gasteiger partial charge in [0.25, 0.3) is 0 Å². The third kappa shape index (κ3) is 2.81. The number of hydrogen-bond donors (Lipinski definition) is 3. The number of anilines is 1. The predicted molar refractivity (Wildman–Crippen MR) is 86.6 cm³/mol. The topological polar surface area (TPSA) is 91.5 Å². The average Bonchev–Trinajstić information content (AvgIpc) is 2.91. The van der Waals surface area contributed by atoms with E-state index in [0.29, 0.717) is 29.7 Å². The number of aromatic nitrogens is 1. The molecular formula is C14H14BN5O2. The molecule has 0 aliphatic carbocycles. The third-order valence-corrected chi connectivity index (χ3v) is 3.13. The molecule has 0 bridgehead atoms. The van der Waals surface area contributed by atoms with Crippen LogP contribution in [0, 0.1) is 0 Å². The van der Waals surface area contributed by atoms with E-state index in [4.69, 9.17) is 12.3 Å². The van der Waals surface area contributed by atoms with Gasteiger partial charge in [0.05, 0.1) is 12.9 Å². The van der Waals surface area contributed by atoms with E-state index in [1.54, 1.807) is 12.4 Å². The quantitative estimate of drug-likeness (QED) is 0.728. The number of nitrogens with one attached hydrogen (secondary N) is 3. The van der Waals surface area contributed by atoms with E-state index in [1.807, 2.05) is 19.2 Å². The van der Waals surface area contributed by atoms with Crippen LogP contribution in [0.25, 0.3) is 16.7 Å². The zero-order valence-corrected chi connectivity index (χ0v) is 12.0. The van der Waals surface area contributed by atoms with E-state index in [2.05, 4.69) is 25.9 Å². The second-order valence-electron chi connectivity index (χ2n) is 4.72. The van der Waals surface area contributed by atoms with E-state index in [9.17, 15) is 4.79 Å². The van der Waals surface area contributed by atoms with Gasteiger partial charge in [-0.1, -0.05) is 11.5 Å². The van der Waals surface area contributed by atoms with Crippen LogP contribution in [0.3, 0.4) is 0 Å². The third-order valence-electron chi connectivity index (χ3n) is 3.13. The maximum Gasteiger partial charge on any atom is 0.322 e. The van der Waals surface area contributed by atoms with Gasteiger partial charge in [-0.15, -0.1) is 0 Å². The molecular weight excluding hydrogens is 281 g/mol. The summed E-state index contributed by atoms with van der Waals surface area (Å²) < 4.78 is 5.49. The van der Waals surface area contributed by atoms with Gasteiger partial charge in [-0.2, -0.15) is 4.98 Å². The lowest BCUT2D eigenvalue weighted by Crippen LogP contribution is -2.28. The lowest BCUT2D eigenvalue weighted by atomic mass is 9.91. The summed E-state index contributed by atoms with van der Waals surface area (Å²) in [6, 6.07) is 3.39. The van der Waals surface area contributed by atoms with Crippen molar-refractivity contribution in [2.75, 3.05) is 18.4 Å². The van der Waals surface area contributed by atoms with E-state index in [-0.39, 0.29) is 12.0 Å². The van der Waals surface area contributed by atoms with E-state index < -0.39 is 0 Å². The highest BCUT2D eigenvalue weighted by Gasteiger charge is 2.13. The van der Waals surface area contributed by atoms with E-state index in [0.717, 1.165) is 11.1 Å². The number of oxazole rings is 1. The Labute approximate surface area is 128 Å². The number of aliphatic imine (C=N–C) groups is 1. The molecule has 8 heteroatoms. The number of carbonyl (C=O) groups is 1. The SMILES string of the molecule is [B]c1cc(C2=CNC=NC2)cc2nc(NC(=O)NCC)oc12. The molecule has 1 aromatic carbocycles. The zero-order chi connectivity index (χ0) is 15.5. The fourth-order valence-corrected chi connectivity index (χ4v) is 2.15. The fraction of sp³-hybridized carbons (Fsp3) is 0.214. The highest BCUT2D eigenvalue weighted by atomic mass is 16.4. The minimum Gasteiger partial charge on any atom is -0.424 e. The normalized spacial score (nSPS) is 13.6. The van der Waals surface area contributed by atoms with Gasteiger partial charge in [-0.05, 0) is 24.1 Å². The molecule has 0 saturated heterocycles. The van der Waals surface area contributed by atoms with Crippen molar-refractivity contribution in [3.63, 3.8) is 0 Å². The first-order valence-corrected chi connectivity index (χ1v) is 6.86. The molecule has 3 rings (SSSR count). The number of fused-ring (bicyclic) bond motifs is 1. The van der Waals surface area contributed by atoms with Crippen LogP contribution in [0.4, 0.5) is 10.8 Å². The minimum atomic E-state index is -0.374. The molecule has 0 fully saturated rings. The van der Waals surface area contributed by atoms with Crippen molar-refractivity contribution >= 4 is 48.4 Å². The van der Waals surface area contributed by atoms with Crippen molar-refractivity contribution < 1.29 is 9.21 Å². The number of urea groups is 1. The summed E-state index contributed by atoms with van der Waals surface area (Å²) in [6.07, 6.45) is 3.50. The van der Waals surface area contributed by atoms with Crippen LogP contribution >= 0.6 is 0 Å². The molecule has 7 nitrogen and oxygen atoms in total. The van der Waals surface area contributed by atoms with Crippen molar-refractivity contribution in [1.29, 1.82) is 0 Å². The molecule has 2 aromatic rings. The number of nitrogens with zero attached hydrogens (tertiary/aromatic N) is 2. The Morgan fingerprint density at radius 1 is 1.50 bits per heavy atom. The summed E-state index contributed by atoms with van der Waals surface area (Å²) in [6.45, 7) is 2.91. The molecule has 0 saturated carbocycles. The summed E-state index contributed by atoms with van der Waals surface area (Å²) in [4.78, 5) is 19.9. The number of amides is 2. The number of benzene rings is 1. The van der Waals surface area contributed by atoms with Crippen LogP contribution in [-0.4, -0.2) is 38.3 Å². The van der Waals surface area contributed by atoms with Gasteiger partial charge in [0.1, 0.15) is 18.9 Å². The molecule has 3 N–H and O–H groups in total. The van der Waals surface area contributed by atoms with Crippen LogP contribution in [0.5, 0.6) is 0 Å². The summed E-state index contributed by atoms with van der Waals surface area (Å²) in [5, 5.41) is 8.07. The second-order valence-corrected chi connectivity index (χ2v) is 4.72. The van der Waals surface area contributed by atoms with Crippen LogP contribution < -0.4 is 21.4 Å². The Hall–Kier alpha value is -2.77. The first-order valence-electron chi connectivity index (χ1n) is 6.86. The molecule has 1 aliphatic rings. The van der Waals surface area contributed by atoms with Crippen molar-refractivity contribution in [3.05, 3.63) is 23.9 Å². The molecule has 0 atom stereocenters. The molecule has 0 spiro atoms. The first kappa shape index (κ1) is 14.2. The smallest absolute Gasteiger partial charge is 0.322 e. The Morgan fingerprint density at radius 3 is 3.09 bits per heavy atom. The summed E-state index contributed by atoms with van der Waals surface area (Å²) in [5.41, 5.74) is 3.39. The van der Waals surface area contributed by atoms with Gasteiger partial charge in [0.2, 0.25) is 0 Å². The van der Waals surface area contributed by atoms with Crippen LogP contribution in [-0.2, 0) is 0 Å². The van der Waals surface area contributed by atoms with Crippen LogP contribution in [0.15, 0.2) is 27.7 Å². The van der Waals surface area contributed by atoms with Gasteiger partial charge in [0.15, 0.2) is 0 Å². The fourth-order valence-electron chi connectivity index (χ4n) is 2.15. The highest BCUT2D eigenvalue weighted by molar-refractivity contribution is 6.38. The van der Waals surface area contributed by atoms with Crippen molar-refractivity contribution in [3.8, 4) is 0 Å². The maximum atomic E-state index is 11.5. The van der Waals surface area contributed by atoms with Gasteiger partial charge in [-0.3, -0.25) is 10.3 Å². The van der Waals surface area contributed by atoms with Crippen molar-refractivity contribution in [1.82, 2.24) is 15.6 Å². The highest BCUT2D eigenvalue weighted by Crippen LogP contribution is 2.22. The zero-order valence-electron chi connectivity index (χ0n) is 12.0. The Morgan fingerprint density at radius 2 is 2.36 bits per heavy atom. The molecule has 2 radical (unpaired) electrons. The van der Waals surface area contributed by atoms with Gasteiger partial charge < -0.3 is 15.1 Å². The lowest BCUT2D eigenvalue weighted by Gasteiger charge is -2.09. The van der Waals surface area contributed by atoms with Crippen LogP contribution in [0.2, 0.25) is 0 Å². The van der Waals surface area contributed by atoms with Gasteiger partial charge in [-0.25, -0.2) is 4.79 Å². The van der Waals surface area contributed by atoms with E-state index in [1.165, 1.54) is 0 Å². The van der Waals surface area contributed by atoms with E-state index >= 15 is 0 Å². The molecule has 1 aliphatic heterocycles. The number of carbonyl (C=O) groups excluding carboxylic acids is 1. The maximum absolute atomic E-state index is 11.5. The molecule has 1 aromatic heterocycles. The molecule has 0 unspecified atom stereocenters. The number of hydrogen-bond acceptors (Lipinski definition) is 5. The lowest BCUT2D eigenvalue weighted by molar-refractivity contribution is 0.252. The number of rotatable bonds is 3. The van der Waals surface area contributed by atoms with Crippen molar-refractivity contribution in [2.24, 2.45) is 4.99 Å². The molecule has 22 heavy (non-hydrogen) atoms. The Bertz CT molecular complexity index is 781. The Balaban J connectivity index is 1.92. The average molecular weight is 295 g/mol. The minimum absolute atomic E-state index is 0.110. The molecule has 2 heterocycles. The summed E-state index contributed by atoms with van der Waals surface area (Å²) >= 11 is 0.